The van der Waals surface area contributed by atoms with E-state index in [0.29, 0.717) is 19.8 Å². The van der Waals surface area contributed by atoms with Crippen molar-refractivity contribution in [2.75, 3.05) is 26.3 Å². The Balaban J connectivity index is 2.00. The zero-order valence-corrected chi connectivity index (χ0v) is 13.6. The maximum Gasteiger partial charge on any atom is 0.410 e. The predicted molar refractivity (Wildman–Crippen MR) is 76.2 cm³/mol. The molecular formula is C13H23N2O5S-. The summed E-state index contributed by atoms with van der Waals surface area (Å²) >= 11 is -2.27. The van der Waals surface area contributed by atoms with Gasteiger partial charge in [0.2, 0.25) is 0 Å². The van der Waals surface area contributed by atoms with Crippen molar-refractivity contribution in [3.05, 3.63) is 0 Å². The molecule has 0 radical (unpaired) electrons. The average Bonchev–Trinajstić information content (AvgIpc) is 3.18. The monoisotopic (exact) mass is 319 g/mol. The maximum absolute atomic E-state index is 12.2. The van der Waals surface area contributed by atoms with Crippen LogP contribution in [-0.2, 0) is 20.7 Å². The molecule has 1 saturated heterocycles. The number of hydrogen-bond donors (Lipinski definition) is 0. The van der Waals surface area contributed by atoms with Crippen LogP contribution in [0.1, 0.15) is 33.6 Å². The third-order valence-corrected chi connectivity index (χ3v) is 4.22. The van der Waals surface area contributed by atoms with Gasteiger partial charge in [0.1, 0.15) is 5.60 Å². The molecule has 2 atom stereocenters. The van der Waals surface area contributed by atoms with Crippen LogP contribution in [0.15, 0.2) is 0 Å². The van der Waals surface area contributed by atoms with Crippen molar-refractivity contribution in [1.82, 2.24) is 9.21 Å². The molecule has 0 spiro atoms. The number of morpholine rings is 1. The highest BCUT2D eigenvalue weighted by Gasteiger charge is 2.36. The minimum Gasteiger partial charge on any atom is -0.760 e. The number of amides is 1. The van der Waals surface area contributed by atoms with Gasteiger partial charge in [0.15, 0.2) is 0 Å². The van der Waals surface area contributed by atoms with E-state index < -0.39 is 23.0 Å². The largest absolute Gasteiger partial charge is 0.760 e. The minimum absolute atomic E-state index is 0.0748. The second-order valence-electron chi connectivity index (χ2n) is 6.45. The Morgan fingerprint density at radius 2 is 2.14 bits per heavy atom. The molecule has 122 valence electrons. The van der Waals surface area contributed by atoms with E-state index in [1.807, 2.05) is 20.8 Å². The quantitative estimate of drug-likeness (QED) is 0.719. The molecule has 7 nitrogen and oxygen atoms in total. The molecule has 2 unspecified atom stereocenters. The van der Waals surface area contributed by atoms with Gasteiger partial charge in [-0.2, -0.15) is 0 Å². The second kappa shape index (κ2) is 6.60. The fourth-order valence-electron chi connectivity index (χ4n) is 2.27. The minimum atomic E-state index is -2.27. The first kappa shape index (κ1) is 16.7. The third-order valence-electron chi connectivity index (χ3n) is 3.39. The molecule has 1 heterocycles. The van der Waals surface area contributed by atoms with Crippen molar-refractivity contribution in [2.45, 2.75) is 51.3 Å². The van der Waals surface area contributed by atoms with Crippen LogP contribution in [0.4, 0.5) is 4.79 Å². The molecule has 2 fully saturated rings. The van der Waals surface area contributed by atoms with Gasteiger partial charge < -0.3 is 14.0 Å². The van der Waals surface area contributed by atoms with Gasteiger partial charge in [0, 0.05) is 30.4 Å². The van der Waals surface area contributed by atoms with E-state index in [1.165, 1.54) is 4.31 Å². The first-order valence-electron chi connectivity index (χ1n) is 7.21. The SMILES string of the molecule is CC(C)(C)OC(=O)N1CCOCC1CN(C1CC1)S(=O)[O-]. The Labute approximate surface area is 128 Å². The van der Waals surface area contributed by atoms with Gasteiger partial charge in [-0.05, 0) is 33.6 Å². The highest BCUT2D eigenvalue weighted by Crippen LogP contribution is 2.28. The van der Waals surface area contributed by atoms with Crippen LogP contribution in [0, 0.1) is 0 Å². The van der Waals surface area contributed by atoms with Crippen LogP contribution in [0.5, 0.6) is 0 Å². The van der Waals surface area contributed by atoms with Crippen LogP contribution >= 0.6 is 0 Å². The summed E-state index contributed by atoms with van der Waals surface area (Å²) < 4.78 is 34.8. The molecule has 0 aromatic rings. The Morgan fingerprint density at radius 1 is 1.48 bits per heavy atom. The number of nitrogens with zero attached hydrogens (tertiary/aromatic N) is 2. The van der Waals surface area contributed by atoms with E-state index in [0.717, 1.165) is 12.8 Å². The van der Waals surface area contributed by atoms with E-state index in [-0.39, 0.29) is 18.6 Å². The van der Waals surface area contributed by atoms with Gasteiger partial charge in [-0.15, -0.1) is 0 Å². The summed E-state index contributed by atoms with van der Waals surface area (Å²) in [6, 6.07) is -0.224. The molecule has 0 aromatic heterocycles. The third kappa shape index (κ3) is 4.91. The normalized spacial score (nSPS) is 25.0. The van der Waals surface area contributed by atoms with E-state index in [9.17, 15) is 13.6 Å². The standard InChI is InChI=1S/C13H24N2O5S/c1-13(2,3)20-12(16)14-6-7-19-9-11(14)8-15(21(17)18)10-4-5-10/h10-11H,4-9H2,1-3H3,(H,17,18)/p-1. The number of carbonyl (C=O) groups is 1. The zero-order chi connectivity index (χ0) is 15.6. The molecular weight excluding hydrogens is 296 g/mol. The van der Waals surface area contributed by atoms with Crippen molar-refractivity contribution >= 4 is 17.4 Å². The van der Waals surface area contributed by atoms with Gasteiger partial charge in [-0.1, -0.05) is 0 Å². The van der Waals surface area contributed by atoms with Gasteiger partial charge in [-0.3, -0.25) is 9.11 Å². The molecule has 21 heavy (non-hydrogen) atoms. The smallest absolute Gasteiger partial charge is 0.410 e. The first-order chi connectivity index (χ1) is 9.78. The molecule has 1 aliphatic heterocycles. The fraction of sp³-hybridized carbons (Fsp3) is 0.923. The number of ether oxygens (including phenoxy) is 2. The number of rotatable bonds is 4. The Morgan fingerprint density at radius 3 is 2.67 bits per heavy atom. The van der Waals surface area contributed by atoms with Crippen LogP contribution in [0.25, 0.3) is 0 Å². The molecule has 2 rings (SSSR count). The lowest BCUT2D eigenvalue weighted by molar-refractivity contribution is -0.0357. The predicted octanol–water partition coefficient (Wildman–Crippen LogP) is 0.881. The molecule has 8 heteroatoms. The van der Waals surface area contributed by atoms with Crippen molar-refractivity contribution in [3.8, 4) is 0 Å². The van der Waals surface area contributed by atoms with E-state index in [2.05, 4.69) is 0 Å². The lowest BCUT2D eigenvalue weighted by Gasteiger charge is -2.39. The maximum atomic E-state index is 12.2. The van der Waals surface area contributed by atoms with Crippen molar-refractivity contribution in [3.63, 3.8) is 0 Å². The number of hydrogen-bond acceptors (Lipinski definition) is 5. The Bertz CT molecular complexity index is 408. The second-order valence-corrected chi connectivity index (χ2v) is 7.35. The molecule has 2 aliphatic rings. The highest BCUT2D eigenvalue weighted by atomic mass is 32.2. The highest BCUT2D eigenvalue weighted by molar-refractivity contribution is 7.76. The van der Waals surface area contributed by atoms with Crippen LogP contribution in [0.2, 0.25) is 0 Å². The fourth-order valence-corrected chi connectivity index (χ4v) is 3.02. The van der Waals surface area contributed by atoms with Gasteiger partial charge in [-0.25, -0.2) is 9.10 Å². The van der Waals surface area contributed by atoms with Crippen LogP contribution in [0.3, 0.4) is 0 Å². The first-order valence-corrected chi connectivity index (χ1v) is 8.24. The summed E-state index contributed by atoms with van der Waals surface area (Å²) in [4.78, 5) is 13.8. The summed E-state index contributed by atoms with van der Waals surface area (Å²) in [6.07, 6.45) is 1.35. The Hall–Kier alpha value is -0.700. The average molecular weight is 319 g/mol. The van der Waals surface area contributed by atoms with Crippen LogP contribution < -0.4 is 0 Å². The van der Waals surface area contributed by atoms with Crippen LogP contribution in [-0.4, -0.2) is 68.0 Å². The number of carbonyl (C=O) groups excluding carboxylic acids is 1. The molecule has 1 saturated carbocycles. The molecule has 1 amide bonds. The van der Waals surface area contributed by atoms with Crippen molar-refractivity contribution in [2.24, 2.45) is 0 Å². The summed E-state index contributed by atoms with van der Waals surface area (Å²) in [7, 11) is 0. The van der Waals surface area contributed by atoms with E-state index >= 15 is 0 Å². The van der Waals surface area contributed by atoms with Gasteiger partial charge >= 0.3 is 6.09 Å². The van der Waals surface area contributed by atoms with Crippen molar-refractivity contribution < 1.29 is 23.0 Å². The Kier molecular flexibility index (Phi) is 5.24. The van der Waals surface area contributed by atoms with Crippen molar-refractivity contribution in [1.29, 1.82) is 0 Å². The molecule has 0 bridgehead atoms. The molecule has 0 N–H and O–H groups in total. The molecule has 0 aromatic carbocycles. The summed E-state index contributed by atoms with van der Waals surface area (Å²) in [5.74, 6) is 0. The lowest BCUT2D eigenvalue weighted by atomic mass is 10.2. The van der Waals surface area contributed by atoms with E-state index in [4.69, 9.17) is 9.47 Å². The summed E-state index contributed by atoms with van der Waals surface area (Å²) in [5.41, 5.74) is -0.572. The topological polar surface area (TPSA) is 82.1 Å². The summed E-state index contributed by atoms with van der Waals surface area (Å²) in [6.45, 7) is 6.89. The zero-order valence-electron chi connectivity index (χ0n) is 12.7. The lowest BCUT2D eigenvalue weighted by Crippen LogP contribution is -2.55. The van der Waals surface area contributed by atoms with Gasteiger partial charge in [0.25, 0.3) is 0 Å². The molecule has 1 aliphatic carbocycles. The van der Waals surface area contributed by atoms with E-state index in [1.54, 1.807) is 4.90 Å². The summed E-state index contributed by atoms with van der Waals surface area (Å²) in [5, 5.41) is 0. The van der Waals surface area contributed by atoms with Gasteiger partial charge in [0.05, 0.1) is 19.3 Å².